The Kier molecular flexibility index (Phi) is 19.3. The van der Waals surface area contributed by atoms with Gasteiger partial charge in [-0.15, -0.1) is 0 Å². The number of carboxylic acid groups (broad SMARTS) is 2. The SMILES string of the molecule is CC(CC(C#N)C(=O)[O-])N=NC(C)CC(C#N)C(=O)[O-].[K+].[K+]. The molecule has 0 N–H and O–H groups in total. The van der Waals surface area contributed by atoms with E-state index >= 15 is 0 Å². The molecule has 0 fully saturated rings. The van der Waals surface area contributed by atoms with Crippen molar-refractivity contribution in [2.75, 3.05) is 0 Å². The topological polar surface area (TPSA) is 153 Å². The Morgan fingerprint density at radius 3 is 1.36 bits per heavy atom. The first-order valence-electron chi connectivity index (χ1n) is 5.92. The van der Waals surface area contributed by atoms with Crippen molar-refractivity contribution in [1.29, 1.82) is 10.5 Å². The normalized spacial score (nSPS) is 15.1. The number of azo groups is 1. The first-order valence-corrected chi connectivity index (χ1v) is 5.92. The van der Waals surface area contributed by atoms with Gasteiger partial charge in [-0.2, -0.15) is 20.8 Å². The van der Waals surface area contributed by atoms with Crippen LogP contribution in [0.3, 0.4) is 0 Å². The molecule has 0 spiro atoms. The molecule has 0 aliphatic rings. The van der Waals surface area contributed by atoms with Crippen LogP contribution in [-0.2, 0) is 9.59 Å². The van der Waals surface area contributed by atoms with E-state index in [1.165, 1.54) is 0 Å². The van der Waals surface area contributed by atoms with Crippen molar-refractivity contribution in [2.24, 2.45) is 22.1 Å². The summed E-state index contributed by atoms with van der Waals surface area (Å²) in [5.74, 6) is -5.48. The summed E-state index contributed by atoms with van der Waals surface area (Å²) in [7, 11) is 0. The molecule has 0 aromatic rings. The number of nitriles is 2. The molecule has 108 valence electrons. The first kappa shape index (κ1) is 27.6. The molecule has 4 unspecified atom stereocenters. The fraction of sp³-hybridized carbons (Fsp3) is 0.667. The predicted molar refractivity (Wildman–Crippen MR) is 61.2 cm³/mol. The Balaban J connectivity index is -0.00000180. The molecule has 0 aliphatic carbocycles. The van der Waals surface area contributed by atoms with Crippen LogP contribution in [-0.4, -0.2) is 24.0 Å². The Hall–Kier alpha value is 0.793. The van der Waals surface area contributed by atoms with Gasteiger partial charge in [-0.05, 0) is 26.7 Å². The van der Waals surface area contributed by atoms with Crippen LogP contribution < -0.4 is 113 Å². The summed E-state index contributed by atoms with van der Waals surface area (Å²) in [5.41, 5.74) is 0. The van der Waals surface area contributed by atoms with Crippen molar-refractivity contribution in [3.8, 4) is 12.1 Å². The van der Waals surface area contributed by atoms with Crippen LogP contribution in [0.4, 0.5) is 0 Å². The Morgan fingerprint density at radius 2 is 1.18 bits per heavy atom. The molecule has 0 saturated heterocycles. The van der Waals surface area contributed by atoms with Crippen LogP contribution in [0, 0.1) is 34.5 Å². The average molecular weight is 356 g/mol. The van der Waals surface area contributed by atoms with Crippen LogP contribution in [0.1, 0.15) is 26.7 Å². The summed E-state index contributed by atoms with van der Waals surface area (Å²) in [5, 5.41) is 45.9. The number of carbonyl (C=O) groups excluding carboxylic acids is 2. The van der Waals surface area contributed by atoms with Crippen LogP contribution in [0.5, 0.6) is 0 Å². The van der Waals surface area contributed by atoms with Gasteiger partial charge in [-0.3, -0.25) is 0 Å². The van der Waals surface area contributed by atoms with Crippen molar-refractivity contribution < 1.29 is 123 Å². The van der Waals surface area contributed by atoms with Gasteiger partial charge in [0.2, 0.25) is 0 Å². The van der Waals surface area contributed by atoms with Crippen molar-refractivity contribution in [2.45, 2.75) is 38.8 Å². The van der Waals surface area contributed by atoms with Gasteiger partial charge >= 0.3 is 103 Å². The Morgan fingerprint density at radius 1 is 0.909 bits per heavy atom. The van der Waals surface area contributed by atoms with Gasteiger partial charge in [0.1, 0.15) is 0 Å². The number of aliphatic carboxylic acids is 2. The van der Waals surface area contributed by atoms with E-state index in [2.05, 4.69) is 10.2 Å². The number of rotatable bonds is 8. The molecule has 0 rings (SSSR count). The standard InChI is InChI=1S/C12H16N4O4.2K/c1-7(3-9(5-13)11(17)18)15-16-8(2)4-10(6-14)12(19)20;;/h7-10H,3-4H2,1-2H3,(H,17,18)(H,19,20);;/q;2*+1/p-2. The second-order valence-electron chi connectivity index (χ2n) is 4.40. The number of hydrogen-bond donors (Lipinski definition) is 0. The molecule has 0 bridgehead atoms. The maximum absolute atomic E-state index is 10.5. The van der Waals surface area contributed by atoms with Crippen molar-refractivity contribution in [3.63, 3.8) is 0 Å². The van der Waals surface area contributed by atoms with Gasteiger partial charge in [-0.25, -0.2) is 0 Å². The maximum atomic E-state index is 10.5. The van der Waals surface area contributed by atoms with Crippen LogP contribution in [0.2, 0.25) is 0 Å². The Bertz CT molecular complexity index is 431. The minimum atomic E-state index is -1.47. The van der Waals surface area contributed by atoms with E-state index in [0.29, 0.717) is 0 Å². The molecule has 0 saturated carbocycles. The summed E-state index contributed by atoms with van der Waals surface area (Å²) in [4.78, 5) is 21.1. The van der Waals surface area contributed by atoms with Crippen LogP contribution >= 0.6 is 0 Å². The Labute approximate surface area is 214 Å². The summed E-state index contributed by atoms with van der Waals surface area (Å²) in [6.45, 7) is 3.15. The zero-order valence-corrected chi connectivity index (χ0v) is 19.4. The number of hydrogen-bond acceptors (Lipinski definition) is 8. The molecule has 4 atom stereocenters. The molecule has 8 nitrogen and oxygen atoms in total. The number of carboxylic acids is 2. The fourth-order valence-corrected chi connectivity index (χ4v) is 1.41. The molecular formula is C12H14K2N4O4. The van der Waals surface area contributed by atoms with E-state index < -0.39 is 35.9 Å². The minimum Gasteiger partial charge on any atom is -0.549 e. The molecule has 0 aromatic carbocycles. The average Bonchev–Trinajstić information content (AvgIpc) is 2.38. The van der Waals surface area contributed by atoms with E-state index in [9.17, 15) is 19.8 Å². The second-order valence-corrected chi connectivity index (χ2v) is 4.40. The maximum Gasteiger partial charge on any atom is 1.00 e. The summed E-state index contributed by atoms with van der Waals surface area (Å²) in [6, 6.07) is 2.12. The van der Waals surface area contributed by atoms with Gasteiger partial charge in [0.05, 0.1) is 48.0 Å². The van der Waals surface area contributed by atoms with E-state index in [4.69, 9.17) is 10.5 Å². The van der Waals surface area contributed by atoms with Gasteiger partial charge in [0.15, 0.2) is 0 Å². The zero-order chi connectivity index (χ0) is 15.7. The molecule has 0 radical (unpaired) electrons. The summed E-state index contributed by atoms with van der Waals surface area (Å²) < 4.78 is 0. The fourth-order valence-electron chi connectivity index (χ4n) is 1.41. The zero-order valence-electron chi connectivity index (χ0n) is 13.1. The van der Waals surface area contributed by atoms with Gasteiger partial charge in [0.25, 0.3) is 0 Å². The van der Waals surface area contributed by atoms with Crippen molar-refractivity contribution in [1.82, 2.24) is 0 Å². The molecular weight excluding hydrogens is 342 g/mol. The number of carbonyl (C=O) groups is 2. The summed E-state index contributed by atoms with van der Waals surface area (Å²) >= 11 is 0. The molecule has 0 aliphatic heterocycles. The monoisotopic (exact) mass is 356 g/mol. The minimum absolute atomic E-state index is 0. The molecule has 10 heteroatoms. The smallest absolute Gasteiger partial charge is 0.549 e. The van der Waals surface area contributed by atoms with Crippen LogP contribution in [0.15, 0.2) is 10.2 Å². The second kappa shape index (κ2) is 15.3. The summed E-state index contributed by atoms with van der Waals surface area (Å²) in [6.07, 6.45) is -0.0889. The first-order chi connectivity index (χ1) is 9.31. The quantitative estimate of drug-likeness (QED) is 0.311. The molecule has 22 heavy (non-hydrogen) atoms. The van der Waals surface area contributed by atoms with Gasteiger partial charge in [-0.1, -0.05) is 0 Å². The molecule has 0 aromatic heterocycles. The van der Waals surface area contributed by atoms with E-state index in [1.807, 2.05) is 0 Å². The van der Waals surface area contributed by atoms with Gasteiger partial charge in [0, 0.05) is 0 Å². The largest absolute Gasteiger partial charge is 1.00 e. The molecule has 0 amide bonds. The third-order valence-electron chi connectivity index (χ3n) is 2.50. The van der Waals surface area contributed by atoms with Gasteiger partial charge < -0.3 is 19.8 Å². The van der Waals surface area contributed by atoms with E-state index in [0.717, 1.165) is 0 Å². The van der Waals surface area contributed by atoms with Crippen molar-refractivity contribution >= 4 is 11.9 Å². The predicted octanol–water partition coefficient (Wildman–Crippen LogP) is -7.22. The molecule has 0 heterocycles. The van der Waals surface area contributed by atoms with Crippen molar-refractivity contribution in [3.05, 3.63) is 0 Å². The third-order valence-corrected chi connectivity index (χ3v) is 2.50. The number of nitrogens with zero attached hydrogens (tertiary/aromatic N) is 4. The van der Waals surface area contributed by atoms with E-state index in [1.54, 1.807) is 26.0 Å². The van der Waals surface area contributed by atoms with E-state index in [-0.39, 0.29) is 116 Å². The van der Waals surface area contributed by atoms with Crippen LogP contribution in [0.25, 0.3) is 0 Å². The third kappa shape index (κ3) is 12.2.